The fourth-order valence-corrected chi connectivity index (χ4v) is 1.50. The molecular formula is C11H15N5. The van der Waals surface area contributed by atoms with E-state index in [1.54, 1.807) is 18.5 Å². The fraction of sp³-hybridized carbons (Fsp3) is 0.364. The molecule has 2 N–H and O–H groups in total. The summed E-state index contributed by atoms with van der Waals surface area (Å²) >= 11 is 0. The Kier molecular flexibility index (Phi) is 3.48. The van der Waals surface area contributed by atoms with E-state index in [4.69, 9.17) is 0 Å². The molecule has 0 unspecified atom stereocenters. The van der Waals surface area contributed by atoms with Gasteiger partial charge in [0.05, 0.1) is 6.20 Å². The van der Waals surface area contributed by atoms with E-state index in [2.05, 4.69) is 25.5 Å². The van der Waals surface area contributed by atoms with Crippen LogP contribution in [0.2, 0.25) is 0 Å². The second kappa shape index (κ2) is 5.25. The van der Waals surface area contributed by atoms with Gasteiger partial charge in [0.15, 0.2) is 0 Å². The van der Waals surface area contributed by atoms with Crippen LogP contribution in [0.25, 0.3) is 0 Å². The molecule has 5 heteroatoms. The van der Waals surface area contributed by atoms with Crippen molar-refractivity contribution in [3.05, 3.63) is 35.9 Å². The lowest BCUT2D eigenvalue weighted by atomic mass is 10.1. The summed E-state index contributed by atoms with van der Waals surface area (Å²) in [5.74, 6) is 0.686. The number of hydrogen-bond donors (Lipinski definition) is 2. The van der Waals surface area contributed by atoms with E-state index in [0.717, 1.165) is 25.1 Å². The van der Waals surface area contributed by atoms with Crippen LogP contribution in [0.3, 0.4) is 0 Å². The number of rotatable bonds is 5. The van der Waals surface area contributed by atoms with Crippen molar-refractivity contribution in [2.45, 2.75) is 19.8 Å². The molecule has 2 aromatic rings. The van der Waals surface area contributed by atoms with Crippen LogP contribution >= 0.6 is 0 Å². The average molecular weight is 217 g/mol. The van der Waals surface area contributed by atoms with Crippen molar-refractivity contribution in [3.8, 4) is 0 Å². The SMILES string of the molecule is Cc1[nH]ncc1CCCNc1ncccn1. The van der Waals surface area contributed by atoms with Gasteiger partial charge in [0, 0.05) is 24.6 Å². The van der Waals surface area contributed by atoms with E-state index in [0.29, 0.717) is 5.95 Å². The number of hydrogen-bond acceptors (Lipinski definition) is 4. The highest BCUT2D eigenvalue weighted by Crippen LogP contribution is 2.05. The van der Waals surface area contributed by atoms with E-state index in [-0.39, 0.29) is 0 Å². The van der Waals surface area contributed by atoms with Gasteiger partial charge in [0.1, 0.15) is 0 Å². The van der Waals surface area contributed by atoms with E-state index >= 15 is 0 Å². The van der Waals surface area contributed by atoms with Gasteiger partial charge in [0.2, 0.25) is 5.95 Å². The van der Waals surface area contributed by atoms with E-state index in [1.165, 1.54) is 5.56 Å². The molecule has 16 heavy (non-hydrogen) atoms. The molecule has 0 atom stereocenters. The number of aryl methyl sites for hydroxylation is 2. The zero-order valence-electron chi connectivity index (χ0n) is 9.27. The molecule has 2 aromatic heterocycles. The van der Waals surface area contributed by atoms with Crippen molar-refractivity contribution < 1.29 is 0 Å². The summed E-state index contributed by atoms with van der Waals surface area (Å²) in [5, 5.41) is 10.1. The molecule has 0 aliphatic carbocycles. The molecule has 0 spiro atoms. The summed E-state index contributed by atoms with van der Waals surface area (Å²) in [7, 11) is 0. The molecule has 5 nitrogen and oxygen atoms in total. The zero-order valence-corrected chi connectivity index (χ0v) is 9.27. The molecular weight excluding hydrogens is 202 g/mol. The lowest BCUT2D eigenvalue weighted by Gasteiger charge is -2.03. The number of nitrogens with zero attached hydrogens (tertiary/aromatic N) is 3. The van der Waals surface area contributed by atoms with Gasteiger partial charge in [-0.2, -0.15) is 5.10 Å². The Morgan fingerprint density at radius 1 is 1.31 bits per heavy atom. The summed E-state index contributed by atoms with van der Waals surface area (Å²) < 4.78 is 0. The average Bonchev–Trinajstić information content (AvgIpc) is 2.72. The van der Waals surface area contributed by atoms with Gasteiger partial charge in [-0.1, -0.05) is 0 Å². The zero-order chi connectivity index (χ0) is 11.2. The first kappa shape index (κ1) is 10.6. The monoisotopic (exact) mass is 217 g/mol. The number of aromatic nitrogens is 4. The van der Waals surface area contributed by atoms with Crippen LogP contribution in [0, 0.1) is 6.92 Å². The minimum Gasteiger partial charge on any atom is -0.354 e. The third-order valence-electron chi connectivity index (χ3n) is 2.41. The summed E-state index contributed by atoms with van der Waals surface area (Å²) in [6.45, 7) is 2.91. The molecule has 2 rings (SSSR count). The molecule has 0 saturated carbocycles. The highest BCUT2D eigenvalue weighted by Gasteiger charge is 1.99. The molecule has 0 aliphatic rings. The molecule has 0 amide bonds. The van der Waals surface area contributed by atoms with Crippen molar-refractivity contribution in [1.29, 1.82) is 0 Å². The number of aromatic amines is 1. The Labute approximate surface area is 94.3 Å². The standard InChI is InChI=1S/C11H15N5/c1-9-10(8-15-16-9)4-2-5-12-11-13-6-3-7-14-11/h3,6-8H,2,4-5H2,1H3,(H,15,16)(H,12,13,14). The van der Waals surface area contributed by atoms with Crippen molar-refractivity contribution >= 4 is 5.95 Å². The molecule has 0 aliphatic heterocycles. The van der Waals surface area contributed by atoms with Gasteiger partial charge < -0.3 is 5.32 Å². The van der Waals surface area contributed by atoms with Crippen molar-refractivity contribution in [2.75, 3.05) is 11.9 Å². The first-order valence-electron chi connectivity index (χ1n) is 5.36. The molecule has 0 radical (unpaired) electrons. The van der Waals surface area contributed by atoms with E-state index in [9.17, 15) is 0 Å². The molecule has 0 bridgehead atoms. The number of anilines is 1. The van der Waals surface area contributed by atoms with E-state index < -0.39 is 0 Å². The van der Waals surface area contributed by atoms with Crippen LogP contribution in [0.4, 0.5) is 5.95 Å². The Bertz CT molecular complexity index is 423. The van der Waals surface area contributed by atoms with E-state index in [1.807, 2.05) is 13.1 Å². The summed E-state index contributed by atoms with van der Waals surface area (Å²) in [4.78, 5) is 8.18. The summed E-state index contributed by atoms with van der Waals surface area (Å²) in [6.07, 6.45) is 7.40. The van der Waals surface area contributed by atoms with Crippen molar-refractivity contribution in [1.82, 2.24) is 20.2 Å². The Hall–Kier alpha value is -1.91. The van der Waals surface area contributed by atoms with Crippen LogP contribution in [0.1, 0.15) is 17.7 Å². The second-order valence-electron chi connectivity index (χ2n) is 3.62. The minimum absolute atomic E-state index is 0.686. The van der Waals surface area contributed by atoms with Crippen molar-refractivity contribution in [2.24, 2.45) is 0 Å². The van der Waals surface area contributed by atoms with Gasteiger partial charge in [0.25, 0.3) is 0 Å². The van der Waals surface area contributed by atoms with Gasteiger partial charge in [-0.15, -0.1) is 0 Å². The highest BCUT2D eigenvalue weighted by atomic mass is 15.1. The van der Waals surface area contributed by atoms with Crippen LogP contribution < -0.4 is 5.32 Å². The van der Waals surface area contributed by atoms with Crippen molar-refractivity contribution in [3.63, 3.8) is 0 Å². The Morgan fingerprint density at radius 3 is 2.81 bits per heavy atom. The molecule has 84 valence electrons. The lowest BCUT2D eigenvalue weighted by molar-refractivity contribution is 0.848. The predicted molar refractivity (Wildman–Crippen MR) is 62.2 cm³/mol. The van der Waals surface area contributed by atoms with Gasteiger partial charge >= 0.3 is 0 Å². The summed E-state index contributed by atoms with van der Waals surface area (Å²) in [5.41, 5.74) is 2.42. The largest absolute Gasteiger partial charge is 0.354 e. The van der Waals surface area contributed by atoms with Crippen LogP contribution in [-0.2, 0) is 6.42 Å². The normalized spacial score (nSPS) is 10.3. The number of nitrogens with one attached hydrogen (secondary N) is 2. The van der Waals surface area contributed by atoms with Gasteiger partial charge in [-0.3, -0.25) is 5.10 Å². The second-order valence-corrected chi connectivity index (χ2v) is 3.62. The number of H-pyrrole nitrogens is 1. The quantitative estimate of drug-likeness (QED) is 0.746. The topological polar surface area (TPSA) is 66.5 Å². The Balaban J connectivity index is 1.72. The molecule has 0 saturated heterocycles. The molecule has 2 heterocycles. The highest BCUT2D eigenvalue weighted by molar-refractivity contribution is 5.22. The maximum absolute atomic E-state index is 4.09. The lowest BCUT2D eigenvalue weighted by Crippen LogP contribution is -2.05. The van der Waals surface area contributed by atoms with Crippen LogP contribution in [0.5, 0.6) is 0 Å². The van der Waals surface area contributed by atoms with Gasteiger partial charge in [-0.05, 0) is 31.4 Å². The first-order valence-corrected chi connectivity index (χ1v) is 5.36. The van der Waals surface area contributed by atoms with Crippen LogP contribution in [0.15, 0.2) is 24.7 Å². The summed E-state index contributed by atoms with van der Waals surface area (Å²) in [6, 6.07) is 1.81. The first-order chi connectivity index (χ1) is 7.86. The molecule has 0 aromatic carbocycles. The smallest absolute Gasteiger partial charge is 0.222 e. The maximum Gasteiger partial charge on any atom is 0.222 e. The maximum atomic E-state index is 4.09. The molecule has 0 fully saturated rings. The minimum atomic E-state index is 0.686. The van der Waals surface area contributed by atoms with Crippen LogP contribution in [-0.4, -0.2) is 26.7 Å². The third kappa shape index (κ3) is 2.79. The Morgan fingerprint density at radius 2 is 2.12 bits per heavy atom. The predicted octanol–water partition coefficient (Wildman–Crippen LogP) is 1.55. The third-order valence-corrected chi connectivity index (χ3v) is 2.41. The fourth-order valence-electron chi connectivity index (χ4n) is 1.50. The van der Waals surface area contributed by atoms with Gasteiger partial charge in [-0.25, -0.2) is 9.97 Å².